The monoisotopic (exact) mass is 300 g/mol. The zero-order valence-corrected chi connectivity index (χ0v) is 11.5. The first-order valence-corrected chi connectivity index (χ1v) is 7.09. The van der Waals surface area contributed by atoms with Crippen molar-refractivity contribution < 1.29 is 22.3 Å². The van der Waals surface area contributed by atoms with E-state index < -0.39 is 27.6 Å². The van der Waals surface area contributed by atoms with Gasteiger partial charge in [0.2, 0.25) is 10.0 Å². The normalized spacial score (nSPS) is 10.3. The van der Waals surface area contributed by atoms with Crippen molar-refractivity contribution in [3.8, 4) is 11.8 Å². The lowest BCUT2D eigenvalue weighted by molar-refractivity contribution is -0.137. The maximum Gasteiger partial charge on any atom is 0.322 e. The highest BCUT2D eigenvalue weighted by Crippen LogP contribution is 2.17. The Kier molecular flexibility index (Phi) is 5.49. The van der Waals surface area contributed by atoms with Gasteiger partial charge in [-0.2, -0.15) is 0 Å². The Hall–Kier alpha value is -2.11. The number of hydrogen-bond donors (Lipinski definition) is 2. The smallest absolute Gasteiger partial charge is 0.322 e. The molecule has 0 fully saturated rings. The molecule has 0 aliphatic carbocycles. The lowest BCUT2D eigenvalue weighted by atomic mass is 10.2. The molecule has 0 bridgehead atoms. The average molecular weight is 300 g/mol. The van der Waals surface area contributed by atoms with Crippen molar-refractivity contribution >= 4 is 21.7 Å². The second-order valence-corrected chi connectivity index (χ2v) is 5.36. The lowest BCUT2D eigenvalue weighted by Crippen LogP contribution is -2.24. The molecule has 0 aromatic heterocycles. The number of benzene rings is 1. The number of ether oxygens (including phenoxy) is 1. The highest BCUT2D eigenvalue weighted by Gasteiger charge is 2.18. The third-order valence-corrected chi connectivity index (χ3v) is 3.25. The summed E-state index contributed by atoms with van der Waals surface area (Å²) in [6, 6.07) is 3.35. The summed E-state index contributed by atoms with van der Waals surface area (Å²) in [5.74, 6) is 2.72. The van der Waals surface area contributed by atoms with Crippen LogP contribution >= 0.6 is 0 Å². The van der Waals surface area contributed by atoms with Crippen LogP contribution in [-0.4, -0.2) is 33.8 Å². The molecule has 0 radical (unpaired) electrons. The SMILES string of the molecule is COC(=O)CS(=O)(=O)Nc1ccc(F)cc1C#CCN. The molecule has 1 aromatic carbocycles. The predicted octanol–water partition coefficient (Wildman–Crippen LogP) is 0.0506. The Morgan fingerprint density at radius 1 is 1.50 bits per heavy atom. The minimum Gasteiger partial charge on any atom is -0.468 e. The van der Waals surface area contributed by atoms with Crippen molar-refractivity contribution in [1.29, 1.82) is 0 Å². The molecule has 0 saturated carbocycles. The number of carbonyl (C=O) groups is 1. The number of sulfonamides is 1. The number of esters is 1. The molecule has 0 atom stereocenters. The van der Waals surface area contributed by atoms with Crippen LogP contribution < -0.4 is 10.5 Å². The standard InChI is InChI=1S/C12H13FN2O4S/c1-19-12(16)8-20(17,18)15-11-5-4-10(13)7-9(11)3-2-6-14/h4-5,7,15H,6,8,14H2,1H3. The van der Waals surface area contributed by atoms with Crippen molar-refractivity contribution in [1.82, 2.24) is 0 Å². The van der Waals surface area contributed by atoms with Crippen LogP contribution in [0.1, 0.15) is 5.56 Å². The first kappa shape index (κ1) is 15.9. The second kappa shape index (κ2) is 6.88. The Balaban J connectivity index is 3.05. The van der Waals surface area contributed by atoms with Gasteiger partial charge in [0.25, 0.3) is 0 Å². The van der Waals surface area contributed by atoms with Gasteiger partial charge in [-0.25, -0.2) is 12.8 Å². The van der Waals surface area contributed by atoms with Crippen LogP contribution in [0.2, 0.25) is 0 Å². The number of methoxy groups -OCH3 is 1. The number of rotatable bonds is 4. The molecule has 0 aliphatic heterocycles. The summed E-state index contributed by atoms with van der Waals surface area (Å²) < 4.78 is 43.0. The topological polar surface area (TPSA) is 98.5 Å². The largest absolute Gasteiger partial charge is 0.468 e. The maximum absolute atomic E-state index is 13.1. The molecule has 0 saturated heterocycles. The van der Waals surface area contributed by atoms with Gasteiger partial charge in [0.05, 0.1) is 24.9 Å². The number of anilines is 1. The Morgan fingerprint density at radius 3 is 2.80 bits per heavy atom. The van der Waals surface area contributed by atoms with Crippen LogP contribution in [0, 0.1) is 17.7 Å². The van der Waals surface area contributed by atoms with Crippen molar-refractivity contribution in [3.63, 3.8) is 0 Å². The average Bonchev–Trinajstić information content (AvgIpc) is 2.38. The molecule has 3 N–H and O–H groups in total. The van der Waals surface area contributed by atoms with E-state index in [0.29, 0.717) is 0 Å². The molecular formula is C12H13FN2O4S. The maximum atomic E-state index is 13.1. The Morgan fingerprint density at radius 2 is 2.20 bits per heavy atom. The van der Waals surface area contributed by atoms with Gasteiger partial charge in [0, 0.05) is 0 Å². The van der Waals surface area contributed by atoms with E-state index >= 15 is 0 Å². The number of nitrogens with two attached hydrogens (primary N) is 1. The van der Waals surface area contributed by atoms with Crippen LogP contribution in [0.25, 0.3) is 0 Å². The minimum absolute atomic E-state index is 0.0465. The van der Waals surface area contributed by atoms with Gasteiger partial charge in [-0.1, -0.05) is 11.8 Å². The number of halogens is 1. The van der Waals surface area contributed by atoms with Crippen molar-refractivity contribution in [2.24, 2.45) is 5.73 Å². The molecule has 0 spiro atoms. The molecule has 6 nitrogen and oxygen atoms in total. The molecule has 0 heterocycles. The van der Waals surface area contributed by atoms with E-state index in [1.807, 2.05) is 0 Å². The fourth-order valence-corrected chi connectivity index (χ4v) is 2.29. The number of hydrogen-bond acceptors (Lipinski definition) is 5. The highest BCUT2D eigenvalue weighted by molar-refractivity contribution is 7.93. The third kappa shape index (κ3) is 4.87. The summed E-state index contributed by atoms with van der Waals surface area (Å²) in [5, 5.41) is 0. The predicted molar refractivity (Wildman–Crippen MR) is 71.8 cm³/mol. The second-order valence-electron chi connectivity index (χ2n) is 3.63. The molecule has 20 heavy (non-hydrogen) atoms. The minimum atomic E-state index is -3.95. The molecule has 1 rings (SSSR count). The van der Waals surface area contributed by atoms with Crippen LogP contribution in [0.15, 0.2) is 18.2 Å². The van der Waals surface area contributed by atoms with Crippen LogP contribution in [0.4, 0.5) is 10.1 Å². The molecular weight excluding hydrogens is 287 g/mol. The molecule has 0 unspecified atom stereocenters. The molecule has 1 aromatic rings. The van der Waals surface area contributed by atoms with E-state index in [1.54, 1.807) is 0 Å². The molecule has 0 amide bonds. The Labute approximate surface area is 116 Å². The zero-order valence-electron chi connectivity index (χ0n) is 10.6. The number of carbonyl (C=O) groups excluding carboxylic acids is 1. The first-order chi connectivity index (χ1) is 9.38. The van der Waals surface area contributed by atoms with E-state index in [1.165, 1.54) is 6.07 Å². The van der Waals surface area contributed by atoms with Crippen LogP contribution in [0.3, 0.4) is 0 Å². The first-order valence-electron chi connectivity index (χ1n) is 5.44. The van der Waals surface area contributed by atoms with Gasteiger partial charge in [-0.05, 0) is 18.2 Å². The summed E-state index contributed by atoms with van der Waals surface area (Å²) >= 11 is 0. The van der Waals surface area contributed by atoms with Crippen LogP contribution in [0.5, 0.6) is 0 Å². The van der Waals surface area contributed by atoms with Gasteiger partial charge >= 0.3 is 5.97 Å². The fraction of sp³-hybridized carbons (Fsp3) is 0.250. The summed E-state index contributed by atoms with van der Waals surface area (Å²) in [5.41, 5.74) is 5.40. The van der Waals surface area contributed by atoms with E-state index in [4.69, 9.17) is 5.73 Å². The van der Waals surface area contributed by atoms with E-state index in [2.05, 4.69) is 21.3 Å². The van der Waals surface area contributed by atoms with Gasteiger partial charge < -0.3 is 10.5 Å². The van der Waals surface area contributed by atoms with Gasteiger partial charge in [0.15, 0.2) is 5.75 Å². The fourth-order valence-electron chi connectivity index (χ4n) is 1.27. The van der Waals surface area contributed by atoms with E-state index in [9.17, 15) is 17.6 Å². The van der Waals surface area contributed by atoms with Gasteiger partial charge in [-0.15, -0.1) is 0 Å². The van der Waals surface area contributed by atoms with Crippen molar-refractivity contribution in [3.05, 3.63) is 29.6 Å². The van der Waals surface area contributed by atoms with Crippen LogP contribution in [-0.2, 0) is 19.6 Å². The summed E-state index contributed by atoms with van der Waals surface area (Å²) in [6.45, 7) is 0.0465. The molecule has 108 valence electrons. The van der Waals surface area contributed by atoms with Gasteiger partial charge in [0.1, 0.15) is 5.82 Å². The molecule has 8 heteroatoms. The van der Waals surface area contributed by atoms with E-state index in [0.717, 1.165) is 19.2 Å². The molecule has 0 aliphatic rings. The van der Waals surface area contributed by atoms with Crippen molar-refractivity contribution in [2.75, 3.05) is 24.1 Å². The quantitative estimate of drug-likeness (QED) is 0.605. The zero-order chi connectivity index (χ0) is 15.2. The lowest BCUT2D eigenvalue weighted by Gasteiger charge is -2.09. The number of nitrogens with one attached hydrogen (secondary N) is 1. The summed E-state index contributed by atoms with van der Waals surface area (Å²) in [7, 11) is -2.88. The summed E-state index contributed by atoms with van der Waals surface area (Å²) in [6.07, 6.45) is 0. The van der Waals surface area contributed by atoms with Gasteiger partial charge in [-0.3, -0.25) is 9.52 Å². The summed E-state index contributed by atoms with van der Waals surface area (Å²) in [4.78, 5) is 11.0. The Bertz CT molecular complexity index is 662. The van der Waals surface area contributed by atoms with Crippen molar-refractivity contribution in [2.45, 2.75) is 0 Å². The van der Waals surface area contributed by atoms with E-state index in [-0.39, 0.29) is 17.8 Å². The highest BCUT2D eigenvalue weighted by atomic mass is 32.2. The third-order valence-electron chi connectivity index (χ3n) is 2.11.